The third-order valence-corrected chi connectivity index (χ3v) is 3.15. The predicted octanol–water partition coefficient (Wildman–Crippen LogP) is -0.830. The zero-order valence-corrected chi connectivity index (χ0v) is 8.10. The number of piperazine rings is 1. The van der Waals surface area contributed by atoms with E-state index in [1.54, 1.807) is 0 Å². The summed E-state index contributed by atoms with van der Waals surface area (Å²) in [5, 5.41) is 6.30. The van der Waals surface area contributed by atoms with Gasteiger partial charge >= 0.3 is 0 Å². The molecule has 0 bridgehead atoms. The van der Waals surface area contributed by atoms with Crippen molar-refractivity contribution in [1.82, 2.24) is 15.5 Å². The van der Waals surface area contributed by atoms with E-state index in [0.29, 0.717) is 0 Å². The van der Waals surface area contributed by atoms with Gasteiger partial charge in [-0.1, -0.05) is 0 Å². The molecule has 2 saturated heterocycles. The van der Waals surface area contributed by atoms with Crippen molar-refractivity contribution in [2.75, 3.05) is 33.2 Å². The molecule has 0 saturated carbocycles. The molecule has 0 aromatic carbocycles. The van der Waals surface area contributed by atoms with E-state index >= 15 is 0 Å². The van der Waals surface area contributed by atoms with E-state index in [1.807, 2.05) is 0 Å². The van der Waals surface area contributed by atoms with Crippen LogP contribution >= 0.6 is 0 Å². The van der Waals surface area contributed by atoms with Crippen molar-refractivity contribution in [3.63, 3.8) is 0 Å². The highest BCUT2D eigenvalue weighted by Crippen LogP contribution is 2.22. The van der Waals surface area contributed by atoms with E-state index in [2.05, 4.69) is 22.6 Å². The number of amides is 1. The van der Waals surface area contributed by atoms with Gasteiger partial charge in [0.15, 0.2) is 0 Å². The second kappa shape index (κ2) is 3.27. The number of carbonyl (C=O) groups is 1. The average Bonchev–Trinajstić information content (AvgIpc) is 2.15. The second-order valence-corrected chi connectivity index (χ2v) is 4.07. The number of likely N-dealkylation sites (tertiary alicyclic amines) is 1. The fraction of sp³-hybridized carbons (Fsp3) is 0.889. The maximum Gasteiger partial charge on any atom is 0.240 e. The van der Waals surface area contributed by atoms with Crippen LogP contribution in [0.4, 0.5) is 0 Å². The van der Waals surface area contributed by atoms with Crippen molar-refractivity contribution in [2.45, 2.75) is 18.4 Å². The fourth-order valence-electron chi connectivity index (χ4n) is 2.13. The molecule has 13 heavy (non-hydrogen) atoms. The number of nitrogens with zero attached hydrogens (tertiary/aromatic N) is 1. The molecule has 0 aromatic rings. The summed E-state index contributed by atoms with van der Waals surface area (Å²) < 4.78 is 0. The lowest BCUT2D eigenvalue weighted by atomic mass is 9.85. The minimum Gasteiger partial charge on any atom is -0.353 e. The molecule has 0 atom stereocenters. The van der Waals surface area contributed by atoms with Crippen LogP contribution in [0.3, 0.4) is 0 Å². The predicted molar refractivity (Wildman–Crippen MR) is 50.5 cm³/mol. The molecule has 2 heterocycles. The largest absolute Gasteiger partial charge is 0.353 e. The van der Waals surface area contributed by atoms with E-state index in [1.165, 1.54) is 0 Å². The number of nitrogens with one attached hydrogen (secondary N) is 2. The molecular weight excluding hydrogens is 166 g/mol. The molecule has 4 heteroatoms. The second-order valence-electron chi connectivity index (χ2n) is 4.07. The molecule has 2 aliphatic heterocycles. The van der Waals surface area contributed by atoms with Gasteiger partial charge in [-0.15, -0.1) is 0 Å². The number of hydrogen-bond donors (Lipinski definition) is 2. The van der Waals surface area contributed by atoms with E-state index in [9.17, 15) is 4.79 Å². The van der Waals surface area contributed by atoms with E-state index in [0.717, 1.165) is 39.0 Å². The lowest BCUT2D eigenvalue weighted by Gasteiger charge is -2.42. The zero-order chi connectivity index (χ0) is 9.31. The Bertz CT molecular complexity index is 209. The van der Waals surface area contributed by atoms with Gasteiger partial charge in [0.25, 0.3) is 0 Å². The number of piperidine rings is 1. The fourth-order valence-corrected chi connectivity index (χ4v) is 2.13. The maximum atomic E-state index is 11.7. The first kappa shape index (κ1) is 8.97. The molecule has 2 rings (SSSR count). The van der Waals surface area contributed by atoms with Gasteiger partial charge < -0.3 is 15.5 Å². The lowest BCUT2D eigenvalue weighted by Crippen LogP contribution is -2.66. The van der Waals surface area contributed by atoms with Gasteiger partial charge in [-0.3, -0.25) is 4.79 Å². The first-order chi connectivity index (χ1) is 6.23. The topological polar surface area (TPSA) is 44.4 Å². The third kappa shape index (κ3) is 1.56. The molecule has 0 radical (unpaired) electrons. The summed E-state index contributed by atoms with van der Waals surface area (Å²) in [5.74, 6) is 0.201. The van der Waals surface area contributed by atoms with Crippen LogP contribution in [0, 0.1) is 0 Å². The Kier molecular flexibility index (Phi) is 2.26. The summed E-state index contributed by atoms with van der Waals surface area (Å²) in [6, 6.07) is 0. The van der Waals surface area contributed by atoms with Gasteiger partial charge in [-0.05, 0) is 19.9 Å². The SMILES string of the molecule is CN1CCC2(CC1)NCCNC2=O. The minimum absolute atomic E-state index is 0.201. The third-order valence-electron chi connectivity index (χ3n) is 3.15. The van der Waals surface area contributed by atoms with Gasteiger partial charge in [0.2, 0.25) is 5.91 Å². The summed E-state index contributed by atoms with van der Waals surface area (Å²) in [6.45, 7) is 3.71. The molecule has 2 fully saturated rings. The van der Waals surface area contributed by atoms with Crippen LogP contribution in [0.2, 0.25) is 0 Å². The van der Waals surface area contributed by atoms with Crippen LogP contribution < -0.4 is 10.6 Å². The summed E-state index contributed by atoms with van der Waals surface area (Å²) in [5.41, 5.74) is -0.245. The Balaban J connectivity index is 2.06. The van der Waals surface area contributed by atoms with Gasteiger partial charge in [-0.2, -0.15) is 0 Å². The van der Waals surface area contributed by atoms with Crippen LogP contribution in [0.5, 0.6) is 0 Å². The minimum atomic E-state index is -0.245. The molecule has 0 aliphatic carbocycles. The molecule has 1 amide bonds. The van der Waals surface area contributed by atoms with E-state index in [-0.39, 0.29) is 11.4 Å². The molecule has 74 valence electrons. The Morgan fingerprint density at radius 2 is 2.00 bits per heavy atom. The van der Waals surface area contributed by atoms with Crippen molar-refractivity contribution in [2.24, 2.45) is 0 Å². The number of carbonyl (C=O) groups excluding carboxylic acids is 1. The summed E-state index contributed by atoms with van der Waals surface area (Å²) in [7, 11) is 2.10. The first-order valence-electron chi connectivity index (χ1n) is 4.95. The molecule has 2 N–H and O–H groups in total. The van der Waals surface area contributed by atoms with Crippen molar-refractivity contribution in [3.8, 4) is 0 Å². The monoisotopic (exact) mass is 183 g/mol. The van der Waals surface area contributed by atoms with E-state index < -0.39 is 0 Å². The van der Waals surface area contributed by atoms with E-state index in [4.69, 9.17) is 0 Å². The molecular formula is C9H17N3O. The average molecular weight is 183 g/mol. The maximum absolute atomic E-state index is 11.7. The van der Waals surface area contributed by atoms with Crippen LogP contribution in [-0.4, -0.2) is 49.6 Å². The van der Waals surface area contributed by atoms with Gasteiger partial charge in [-0.25, -0.2) is 0 Å². The quantitative estimate of drug-likeness (QED) is 0.515. The normalized spacial score (nSPS) is 28.8. The highest BCUT2D eigenvalue weighted by atomic mass is 16.2. The number of rotatable bonds is 0. The van der Waals surface area contributed by atoms with Crippen molar-refractivity contribution < 1.29 is 4.79 Å². The Morgan fingerprint density at radius 3 is 2.62 bits per heavy atom. The molecule has 4 nitrogen and oxygen atoms in total. The van der Waals surface area contributed by atoms with Crippen molar-refractivity contribution in [1.29, 1.82) is 0 Å². The van der Waals surface area contributed by atoms with Crippen LogP contribution in [-0.2, 0) is 4.79 Å². The zero-order valence-electron chi connectivity index (χ0n) is 8.10. The highest BCUT2D eigenvalue weighted by Gasteiger charge is 2.41. The standard InChI is InChI=1S/C9H17N3O/c1-12-6-2-9(3-7-12)8(13)10-4-5-11-9/h11H,2-7H2,1H3,(H,10,13). The van der Waals surface area contributed by atoms with Crippen molar-refractivity contribution in [3.05, 3.63) is 0 Å². The van der Waals surface area contributed by atoms with Gasteiger partial charge in [0, 0.05) is 26.2 Å². The highest BCUT2D eigenvalue weighted by molar-refractivity contribution is 5.87. The Morgan fingerprint density at radius 1 is 1.31 bits per heavy atom. The smallest absolute Gasteiger partial charge is 0.240 e. The molecule has 0 aromatic heterocycles. The summed E-state index contributed by atoms with van der Waals surface area (Å²) >= 11 is 0. The molecule has 2 aliphatic rings. The lowest BCUT2D eigenvalue weighted by molar-refractivity contribution is -0.131. The molecule has 1 spiro atoms. The number of hydrogen-bond acceptors (Lipinski definition) is 3. The van der Waals surface area contributed by atoms with Crippen LogP contribution in [0.25, 0.3) is 0 Å². The Hall–Kier alpha value is -0.610. The van der Waals surface area contributed by atoms with Gasteiger partial charge in [0.1, 0.15) is 5.54 Å². The van der Waals surface area contributed by atoms with Crippen LogP contribution in [0.1, 0.15) is 12.8 Å². The van der Waals surface area contributed by atoms with Crippen LogP contribution in [0.15, 0.2) is 0 Å². The van der Waals surface area contributed by atoms with Crippen molar-refractivity contribution >= 4 is 5.91 Å². The molecule has 0 unspecified atom stereocenters. The van der Waals surface area contributed by atoms with Gasteiger partial charge in [0.05, 0.1) is 0 Å². The first-order valence-corrected chi connectivity index (χ1v) is 4.95. The summed E-state index contributed by atoms with van der Waals surface area (Å²) in [4.78, 5) is 14.0. The Labute approximate surface area is 78.7 Å². The summed E-state index contributed by atoms with van der Waals surface area (Å²) in [6.07, 6.45) is 1.88.